The van der Waals surface area contributed by atoms with E-state index in [1.807, 2.05) is 0 Å². The number of nitro groups is 1. The Labute approximate surface area is 198 Å². The number of benzene rings is 1. The largest absolute Gasteiger partial charge is 0.462 e. The summed E-state index contributed by atoms with van der Waals surface area (Å²) in [7, 11) is 0. The molecule has 1 N–H and O–H groups in total. The average molecular weight is 474 g/mol. The number of esters is 2. The van der Waals surface area contributed by atoms with Crippen molar-refractivity contribution >= 4 is 29.2 Å². The highest BCUT2D eigenvalue weighted by atomic mass is 16.6. The Bertz CT molecular complexity index is 1050. The summed E-state index contributed by atoms with van der Waals surface area (Å²) in [6.45, 7) is 11.4. The summed E-state index contributed by atoms with van der Waals surface area (Å²) < 4.78 is 10.7. The van der Waals surface area contributed by atoms with Crippen molar-refractivity contribution in [1.29, 1.82) is 0 Å². The van der Waals surface area contributed by atoms with Gasteiger partial charge in [-0.2, -0.15) is 0 Å². The lowest BCUT2D eigenvalue weighted by Crippen LogP contribution is -2.41. The number of hydrogen-bond donors (Lipinski definition) is 1. The maximum absolute atomic E-state index is 13.2. The molecule has 1 heterocycles. The van der Waals surface area contributed by atoms with Crippen LogP contribution in [0.4, 0.5) is 5.69 Å². The number of carbonyl (C=O) groups excluding carboxylic acids is 3. The van der Waals surface area contributed by atoms with Gasteiger partial charge in [0.05, 0.1) is 11.0 Å². The average Bonchev–Trinajstić information content (AvgIpc) is 2.69. The first-order valence-electron chi connectivity index (χ1n) is 10.9. The predicted octanol–water partition coefficient (Wildman–Crippen LogP) is 3.45. The van der Waals surface area contributed by atoms with Gasteiger partial charge in [-0.1, -0.05) is 12.1 Å². The van der Waals surface area contributed by atoms with Crippen LogP contribution in [-0.2, 0) is 23.9 Å². The Morgan fingerprint density at radius 3 is 2.41 bits per heavy atom. The lowest BCUT2D eigenvalue weighted by Gasteiger charge is -2.32. The first kappa shape index (κ1) is 26.7. The molecular formula is C24H31N3O7. The van der Waals surface area contributed by atoms with Crippen LogP contribution in [0, 0.1) is 16.0 Å². The van der Waals surface area contributed by atoms with Gasteiger partial charge in [-0.3, -0.25) is 29.5 Å². The lowest BCUT2D eigenvalue weighted by molar-refractivity contribution is -0.384. The van der Waals surface area contributed by atoms with Crippen molar-refractivity contribution in [2.45, 2.75) is 66.1 Å². The summed E-state index contributed by atoms with van der Waals surface area (Å²) in [6.07, 6.45) is -0.414. The van der Waals surface area contributed by atoms with Gasteiger partial charge in [-0.05, 0) is 54.0 Å². The summed E-state index contributed by atoms with van der Waals surface area (Å²) in [5, 5.41) is 13.9. The molecular weight excluding hydrogens is 442 g/mol. The molecule has 1 aliphatic rings. The summed E-state index contributed by atoms with van der Waals surface area (Å²) in [5.41, 5.74) is 0.365. The van der Waals surface area contributed by atoms with Gasteiger partial charge in [0.25, 0.3) is 5.69 Å². The normalized spacial score (nSPS) is 18.3. The minimum atomic E-state index is -0.976. The Kier molecular flexibility index (Phi) is 8.31. The molecule has 2 rings (SSSR count). The number of amides is 1. The van der Waals surface area contributed by atoms with Gasteiger partial charge in [0.1, 0.15) is 18.1 Å². The van der Waals surface area contributed by atoms with E-state index in [9.17, 15) is 24.5 Å². The molecule has 34 heavy (non-hydrogen) atoms. The second-order valence-corrected chi connectivity index (χ2v) is 9.31. The fraction of sp³-hybridized carbons (Fsp3) is 0.500. The van der Waals surface area contributed by atoms with E-state index in [2.05, 4.69) is 10.3 Å². The maximum Gasteiger partial charge on any atom is 0.325 e. The van der Waals surface area contributed by atoms with Gasteiger partial charge in [0.2, 0.25) is 5.91 Å². The molecule has 10 heteroatoms. The maximum atomic E-state index is 13.2. The van der Waals surface area contributed by atoms with Gasteiger partial charge < -0.3 is 14.8 Å². The molecule has 184 valence electrons. The van der Waals surface area contributed by atoms with E-state index in [1.165, 1.54) is 18.2 Å². The van der Waals surface area contributed by atoms with Crippen LogP contribution in [0.5, 0.6) is 0 Å². The molecule has 2 atom stereocenters. The lowest BCUT2D eigenvalue weighted by atomic mass is 9.75. The third-order valence-electron chi connectivity index (χ3n) is 4.93. The van der Waals surface area contributed by atoms with Gasteiger partial charge >= 0.3 is 11.9 Å². The zero-order chi connectivity index (χ0) is 25.8. The second-order valence-electron chi connectivity index (χ2n) is 9.31. The van der Waals surface area contributed by atoms with Crippen LogP contribution in [0.3, 0.4) is 0 Å². The van der Waals surface area contributed by atoms with Crippen molar-refractivity contribution in [3.8, 4) is 0 Å². The smallest absolute Gasteiger partial charge is 0.325 e. The van der Waals surface area contributed by atoms with Crippen molar-refractivity contribution in [1.82, 2.24) is 5.32 Å². The Morgan fingerprint density at radius 1 is 1.21 bits per heavy atom. The van der Waals surface area contributed by atoms with Crippen LogP contribution in [0.15, 0.2) is 40.5 Å². The molecule has 0 aliphatic carbocycles. The van der Waals surface area contributed by atoms with Crippen molar-refractivity contribution in [3.63, 3.8) is 0 Å². The first-order chi connectivity index (χ1) is 15.7. The third kappa shape index (κ3) is 6.72. The van der Waals surface area contributed by atoms with Gasteiger partial charge in [0, 0.05) is 35.0 Å². The van der Waals surface area contributed by atoms with E-state index in [0.29, 0.717) is 17.0 Å². The molecule has 0 bridgehead atoms. The van der Waals surface area contributed by atoms with Crippen LogP contribution >= 0.6 is 0 Å². The number of nitrogens with one attached hydrogen (secondary N) is 1. The molecule has 2 unspecified atom stereocenters. The first-order valence-corrected chi connectivity index (χ1v) is 10.9. The number of allylic oxidation sites excluding steroid dienone is 1. The van der Waals surface area contributed by atoms with Crippen LogP contribution < -0.4 is 5.32 Å². The van der Waals surface area contributed by atoms with Crippen molar-refractivity contribution in [3.05, 3.63) is 51.2 Å². The van der Waals surface area contributed by atoms with Crippen molar-refractivity contribution < 1.29 is 28.8 Å². The van der Waals surface area contributed by atoms with Crippen LogP contribution in [-0.4, -0.2) is 46.7 Å². The molecule has 1 aliphatic heterocycles. The molecule has 1 aromatic carbocycles. The van der Waals surface area contributed by atoms with Crippen molar-refractivity contribution in [2.75, 3.05) is 6.54 Å². The highest BCUT2D eigenvalue weighted by Crippen LogP contribution is 2.40. The van der Waals surface area contributed by atoms with E-state index in [-0.39, 0.29) is 11.3 Å². The molecule has 0 saturated heterocycles. The number of rotatable bonds is 7. The zero-order valence-electron chi connectivity index (χ0n) is 20.5. The second kappa shape index (κ2) is 10.6. The standard InChI is InChI=1S/C24H31N3O7/c1-13(2)33-23(30)20-15(4)26-14(3)19(22(29)25-12-18(28)34-24(5,6)7)21(20)16-9-8-10-17(11-16)27(31)32/h8-11,13,20-21H,12H2,1-7H3,(H,25,29). The quantitative estimate of drug-likeness (QED) is 0.364. The van der Waals surface area contributed by atoms with Gasteiger partial charge in [0.15, 0.2) is 0 Å². The fourth-order valence-electron chi connectivity index (χ4n) is 3.76. The van der Waals surface area contributed by atoms with E-state index in [1.54, 1.807) is 54.5 Å². The summed E-state index contributed by atoms with van der Waals surface area (Å²) in [5.74, 6) is -3.73. The number of aliphatic imine (C=N–C) groups is 1. The SMILES string of the molecule is CC1=NC(C)=C(C(=O)NCC(=O)OC(C)(C)C)C(c2cccc([N+](=O)[O-])c2)C1C(=O)OC(C)C. The van der Waals surface area contributed by atoms with E-state index < -0.39 is 52.9 Å². The Balaban J connectivity index is 2.51. The molecule has 0 fully saturated rings. The van der Waals surface area contributed by atoms with Crippen LogP contribution in [0.1, 0.15) is 59.9 Å². The molecule has 10 nitrogen and oxygen atoms in total. The van der Waals surface area contributed by atoms with Crippen molar-refractivity contribution in [2.24, 2.45) is 10.9 Å². The molecule has 1 amide bonds. The molecule has 0 radical (unpaired) electrons. The molecule has 0 spiro atoms. The number of nitrogens with zero attached hydrogens (tertiary/aromatic N) is 2. The van der Waals surface area contributed by atoms with E-state index in [4.69, 9.17) is 9.47 Å². The molecule has 0 saturated carbocycles. The monoisotopic (exact) mass is 473 g/mol. The zero-order valence-corrected chi connectivity index (χ0v) is 20.5. The minimum Gasteiger partial charge on any atom is -0.462 e. The number of ether oxygens (including phenoxy) is 2. The Morgan fingerprint density at radius 2 is 1.85 bits per heavy atom. The Hall–Kier alpha value is -3.56. The number of non-ortho nitro benzene ring substituents is 1. The summed E-state index contributed by atoms with van der Waals surface area (Å²) >= 11 is 0. The van der Waals surface area contributed by atoms with E-state index in [0.717, 1.165) is 0 Å². The minimum absolute atomic E-state index is 0.125. The number of hydrogen-bond acceptors (Lipinski definition) is 8. The number of nitro benzene ring substituents is 1. The predicted molar refractivity (Wildman–Crippen MR) is 125 cm³/mol. The van der Waals surface area contributed by atoms with Gasteiger partial charge in [-0.15, -0.1) is 0 Å². The van der Waals surface area contributed by atoms with Gasteiger partial charge in [-0.25, -0.2) is 0 Å². The highest BCUT2D eigenvalue weighted by molar-refractivity contribution is 6.08. The van der Waals surface area contributed by atoms with Crippen LogP contribution in [0.2, 0.25) is 0 Å². The number of carbonyl (C=O) groups is 3. The van der Waals surface area contributed by atoms with Crippen LogP contribution in [0.25, 0.3) is 0 Å². The topological polar surface area (TPSA) is 137 Å². The summed E-state index contributed by atoms with van der Waals surface area (Å²) in [6, 6.07) is 5.76. The fourth-order valence-corrected chi connectivity index (χ4v) is 3.76. The molecule has 0 aromatic heterocycles. The van der Waals surface area contributed by atoms with E-state index >= 15 is 0 Å². The highest BCUT2D eigenvalue weighted by Gasteiger charge is 2.42. The third-order valence-corrected chi connectivity index (χ3v) is 4.93. The molecule has 1 aromatic rings. The summed E-state index contributed by atoms with van der Waals surface area (Å²) in [4.78, 5) is 53.6.